The van der Waals surface area contributed by atoms with E-state index in [0.717, 1.165) is 47.2 Å². The number of nitrogens with two attached hydrogens (primary N) is 1. The first kappa shape index (κ1) is 15.1. The number of halogens is 1. The second-order valence-corrected chi connectivity index (χ2v) is 6.55. The van der Waals surface area contributed by atoms with E-state index in [9.17, 15) is 4.79 Å². The Morgan fingerprint density at radius 2 is 1.95 bits per heavy atom. The number of carbonyl (C=O) groups excluding carboxylic acids is 1. The van der Waals surface area contributed by atoms with E-state index in [4.69, 9.17) is 10.3 Å². The minimum Gasteiger partial charge on any atom is -0.367 e. The van der Waals surface area contributed by atoms with Crippen LogP contribution in [0.15, 0.2) is 33.3 Å². The van der Waals surface area contributed by atoms with E-state index < -0.39 is 0 Å². The molecule has 0 unspecified atom stereocenters. The number of carbonyl (C=O) groups is 1. The molecule has 22 heavy (non-hydrogen) atoms. The van der Waals surface area contributed by atoms with E-state index in [-0.39, 0.29) is 5.91 Å². The first-order chi connectivity index (χ1) is 10.6. The highest BCUT2D eigenvalue weighted by Gasteiger charge is 2.28. The van der Waals surface area contributed by atoms with Gasteiger partial charge in [-0.1, -0.05) is 21.1 Å². The Morgan fingerprint density at radius 3 is 2.50 bits per heavy atom. The zero-order valence-corrected chi connectivity index (χ0v) is 14.0. The van der Waals surface area contributed by atoms with Gasteiger partial charge < -0.3 is 15.2 Å². The number of anilines is 1. The number of hydrogen-bond donors (Lipinski definition) is 1. The van der Waals surface area contributed by atoms with Crippen LogP contribution in [-0.2, 0) is 0 Å². The van der Waals surface area contributed by atoms with E-state index >= 15 is 0 Å². The second-order valence-electron chi connectivity index (χ2n) is 5.63. The molecule has 116 valence electrons. The van der Waals surface area contributed by atoms with Crippen molar-refractivity contribution in [3.05, 3.63) is 45.6 Å². The third-order valence-electron chi connectivity index (χ3n) is 4.26. The van der Waals surface area contributed by atoms with Crippen molar-refractivity contribution in [2.45, 2.75) is 25.7 Å². The largest absolute Gasteiger partial charge is 0.367 e. The van der Waals surface area contributed by atoms with Gasteiger partial charge in [-0.3, -0.25) is 4.79 Å². The minimum absolute atomic E-state index is 0.0855. The number of benzene rings is 1. The van der Waals surface area contributed by atoms with Crippen LogP contribution in [0.25, 0.3) is 0 Å². The molecule has 1 aromatic carbocycles. The van der Waals surface area contributed by atoms with Crippen LogP contribution in [0.3, 0.4) is 0 Å². The zero-order chi connectivity index (χ0) is 15.7. The summed E-state index contributed by atoms with van der Waals surface area (Å²) in [4.78, 5) is 14.4. The molecule has 1 fully saturated rings. The van der Waals surface area contributed by atoms with Gasteiger partial charge in [0, 0.05) is 34.6 Å². The first-order valence-corrected chi connectivity index (χ1v) is 8.12. The van der Waals surface area contributed by atoms with Crippen molar-refractivity contribution in [1.29, 1.82) is 0 Å². The normalized spacial score (nSPS) is 16.0. The van der Waals surface area contributed by atoms with Gasteiger partial charge in [-0.25, -0.2) is 0 Å². The number of nitrogens with zero attached hydrogens (tertiary/aromatic N) is 2. The lowest BCUT2D eigenvalue weighted by atomic mass is 9.91. The smallest absolute Gasteiger partial charge is 0.253 e. The van der Waals surface area contributed by atoms with Crippen molar-refractivity contribution in [1.82, 2.24) is 10.1 Å². The molecule has 2 heterocycles. The van der Waals surface area contributed by atoms with Gasteiger partial charge in [0.1, 0.15) is 0 Å². The highest BCUT2D eigenvalue weighted by atomic mass is 79.9. The van der Waals surface area contributed by atoms with Crippen molar-refractivity contribution >= 4 is 27.7 Å². The van der Waals surface area contributed by atoms with Crippen molar-refractivity contribution in [3.63, 3.8) is 0 Å². The molecule has 1 aliphatic heterocycles. The molecule has 1 aliphatic rings. The maximum absolute atomic E-state index is 12.5. The van der Waals surface area contributed by atoms with Crippen molar-refractivity contribution in [2.75, 3.05) is 18.8 Å². The summed E-state index contributed by atoms with van der Waals surface area (Å²) in [5.41, 5.74) is 8.31. The zero-order valence-electron chi connectivity index (χ0n) is 12.4. The maximum Gasteiger partial charge on any atom is 0.253 e. The topological polar surface area (TPSA) is 72.4 Å². The molecule has 1 saturated heterocycles. The quantitative estimate of drug-likeness (QED) is 0.887. The summed E-state index contributed by atoms with van der Waals surface area (Å²) in [5.74, 6) is 0.792. The molecular weight excluding hydrogens is 346 g/mol. The van der Waals surface area contributed by atoms with Crippen LogP contribution in [-0.4, -0.2) is 29.1 Å². The molecule has 0 bridgehead atoms. The Morgan fingerprint density at radius 1 is 1.32 bits per heavy atom. The number of hydrogen-bond acceptors (Lipinski definition) is 4. The van der Waals surface area contributed by atoms with Crippen LogP contribution < -0.4 is 5.73 Å². The standard InChI is InChI=1S/C16H18BrN3O2/c1-10-14(19-22-15(10)18)11-6-8-20(9-7-11)16(21)12-2-4-13(17)5-3-12/h2-5,11H,6-9,18H2,1H3. The first-order valence-electron chi connectivity index (χ1n) is 7.32. The van der Waals surface area contributed by atoms with E-state index in [1.54, 1.807) is 0 Å². The van der Waals surface area contributed by atoms with Gasteiger partial charge in [0.25, 0.3) is 5.91 Å². The lowest BCUT2D eigenvalue weighted by molar-refractivity contribution is 0.0711. The molecule has 1 aromatic heterocycles. The van der Waals surface area contributed by atoms with E-state index in [1.165, 1.54) is 0 Å². The Bertz CT molecular complexity index is 673. The fraction of sp³-hybridized carbons (Fsp3) is 0.375. The monoisotopic (exact) mass is 363 g/mol. The van der Waals surface area contributed by atoms with Gasteiger partial charge in [-0.05, 0) is 44.0 Å². The molecule has 5 nitrogen and oxygen atoms in total. The van der Waals surface area contributed by atoms with Gasteiger partial charge in [-0.2, -0.15) is 0 Å². The molecule has 0 aliphatic carbocycles. The molecule has 2 N–H and O–H groups in total. The predicted molar refractivity (Wildman–Crippen MR) is 87.7 cm³/mol. The maximum atomic E-state index is 12.5. The van der Waals surface area contributed by atoms with Gasteiger partial charge in [0.15, 0.2) is 0 Å². The molecular formula is C16H18BrN3O2. The average Bonchev–Trinajstić information content (AvgIpc) is 2.87. The molecule has 3 rings (SSSR count). The van der Waals surface area contributed by atoms with Crippen LogP contribution in [0.4, 0.5) is 5.88 Å². The number of amides is 1. The molecule has 0 radical (unpaired) electrons. The average molecular weight is 364 g/mol. The highest BCUT2D eigenvalue weighted by Crippen LogP contribution is 2.31. The van der Waals surface area contributed by atoms with E-state index in [0.29, 0.717) is 11.8 Å². The third-order valence-corrected chi connectivity index (χ3v) is 4.78. The predicted octanol–water partition coefficient (Wildman–Crippen LogP) is 3.35. The molecule has 0 spiro atoms. The number of nitrogen functional groups attached to an aromatic ring is 1. The van der Waals surface area contributed by atoms with Gasteiger partial charge in [-0.15, -0.1) is 0 Å². The summed E-state index contributed by atoms with van der Waals surface area (Å²) in [5, 5.41) is 4.07. The summed E-state index contributed by atoms with van der Waals surface area (Å²) < 4.78 is 6.02. The summed E-state index contributed by atoms with van der Waals surface area (Å²) in [6, 6.07) is 7.48. The van der Waals surface area contributed by atoms with Gasteiger partial charge in [0.05, 0.1) is 5.69 Å². The Kier molecular flexibility index (Phi) is 4.20. The summed E-state index contributed by atoms with van der Waals surface area (Å²) in [6.45, 7) is 3.39. The van der Waals surface area contributed by atoms with Crippen molar-refractivity contribution in [3.8, 4) is 0 Å². The van der Waals surface area contributed by atoms with Gasteiger partial charge >= 0.3 is 0 Å². The molecule has 0 saturated carbocycles. The van der Waals surface area contributed by atoms with Crippen LogP contribution in [0.5, 0.6) is 0 Å². The SMILES string of the molecule is Cc1c(C2CCN(C(=O)c3ccc(Br)cc3)CC2)noc1N. The summed E-state index contributed by atoms with van der Waals surface area (Å²) >= 11 is 3.38. The van der Waals surface area contributed by atoms with Crippen LogP contribution >= 0.6 is 15.9 Å². The van der Waals surface area contributed by atoms with Crippen LogP contribution in [0.2, 0.25) is 0 Å². The number of likely N-dealkylation sites (tertiary alicyclic amines) is 1. The number of rotatable bonds is 2. The van der Waals surface area contributed by atoms with Gasteiger partial charge in [0.2, 0.25) is 5.88 Å². The fourth-order valence-electron chi connectivity index (χ4n) is 2.87. The number of aromatic nitrogens is 1. The summed E-state index contributed by atoms with van der Waals surface area (Å²) in [6.07, 6.45) is 1.77. The summed E-state index contributed by atoms with van der Waals surface area (Å²) in [7, 11) is 0. The Hall–Kier alpha value is -1.82. The molecule has 1 amide bonds. The number of piperidine rings is 1. The highest BCUT2D eigenvalue weighted by molar-refractivity contribution is 9.10. The van der Waals surface area contributed by atoms with Crippen molar-refractivity contribution in [2.24, 2.45) is 0 Å². The Labute approximate surface area is 137 Å². The molecule has 0 atom stereocenters. The van der Waals surface area contributed by atoms with Crippen molar-refractivity contribution < 1.29 is 9.32 Å². The Balaban J connectivity index is 1.65. The molecule has 6 heteroatoms. The minimum atomic E-state index is 0.0855. The second kappa shape index (κ2) is 6.12. The van der Waals surface area contributed by atoms with E-state index in [2.05, 4.69) is 21.1 Å². The fourth-order valence-corrected chi connectivity index (χ4v) is 3.14. The third kappa shape index (κ3) is 2.88. The lowest BCUT2D eigenvalue weighted by Crippen LogP contribution is -2.38. The van der Waals surface area contributed by atoms with Crippen LogP contribution in [0.1, 0.15) is 40.4 Å². The molecule has 2 aromatic rings. The lowest BCUT2D eigenvalue weighted by Gasteiger charge is -2.31. The van der Waals surface area contributed by atoms with E-state index in [1.807, 2.05) is 36.1 Å². The van der Waals surface area contributed by atoms with Crippen LogP contribution in [0, 0.1) is 6.92 Å².